The maximum atomic E-state index is 11.3. The minimum Gasteiger partial charge on any atom is -0.465 e. The number of hydrogen-bond acceptors (Lipinski definition) is 4. The van der Waals surface area contributed by atoms with Crippen molar-refractivity contribution in [1.29, 1.82) is 5.41 Å². The Hall–Kier alpha value is -1.84. The molecule has 0 aromatic heterocycles. The van der Waals surface area contributed by atoms with Gasteiger partial charge in [-0.05, 0) is 25.1 Å². The Morgan fingerprint density at radius 3 is 2.35 bits per heavy atom. The van der Waals surface area contributed by atoms with E-state index in [1.165, 1.54) is 7.11 Å². The lowest BCUT2D eigenvalue weighted by Crippen LogP contribution is -2.06. The van der Waals surface area contributed by atoms with Crippen molar-refractivity contribution in [3.63, 3.8) is 0 Å². The number of anilines is 1. The molecule has 0 saturated carbocycles. The highest BCUT2D eigenvalue weighted by Gasteiger charge is 2.10. The van der Waals surface area contributed by atoms with E-state index >= 15 is 0 Å². The molecule has 2 N–H and O–H groups in total. The van der Waals surface area contributed by atoms with Gasteiger partial charge in [-0.15, -0.1) is 0 Å². The van der Waals surface area contributed by atoms with Gasteiger partial charge in [0.15, 0.2) is 0 Å². The molecule has 94 valence electrons. The van der Waals surface area contributed by atoms with Crippen molar-refractivity contribution in [2.24, 2.45) is 0 Å². The van der Waals surface area contributed by atoms with Crippen LogP contribution in [0.25, 0.3) is 0 Å². The number of hydrogen-bond donors (Lipinski definition) is 2. The third kappa shape index (κ3) is 3.90. The fourth-order valence-corrected chi connectivity index (χ4v) is 1.32. The highest BCUT2D eigenvalue weighted by atomic mass is 16.5. The number of methoxy groups -OCH3 is 1. The molecule has 4 heteroatoms. The smallest absolute Gasteiger partial charge is 0.337 e. The van der Waals surface area contributed by atoms with Crippen molar-refractivity contribution in [2.75, 3.05) is 19.5 Å². The maximum Gasteiger partial charge on any atom is 0.337 e. The van der Waals surface area contributed by atoms with Crippen LogP contribution in [-0.2, 0) is 4.74 Å². The van der Waals surface area contributed by atoms with E-state index < -0.39 is 0 Å². The van der Waals surface area contributed by atoms with Crippen LogP contribution in [0.15, 0.2) is 18.2 Å². The molecular formula is C13H20N2O2. The zero-order chi connectivity index (χ0) is 13.4. The monoisotopic (exact) mass is 236 g/mol. The van der Waals surface area contributed by atoms with Crippen LogP contribution in [-0.4, -0.2) is 25.8 Å². The van der Waals surface area contributed by atoms with Crippen LogP contribution in [0.5, 0.6) is 0 Å². The van der Waals surface area contributed by atoms with E-state index in [-0.39, 0.29) is 5.97 Å². The largest absolute Gasteiger partial charge is 0.465 e. The van der Waals surface area contributed by atoms with Crippen LogP contribution < -0.4 is 5.32 Å². The zero-order valence-electron chi connectivity index (χ0n) is 11.0. The Morgan fingerprint density at radius 2 is 1.94 bits per heavy atom. The van der Waals surface area contributed by atoms with Gasteiger partial charge in [-0.2, -0.15) is 0 Å². The number of carbonyl (C=O) groups excluding carboxylic acids is 1. The Balaban J connectivity index is 0.00000121. The summed E-state index contributed by atoms with van der Waals surface area (Å²) in [4.78, 5) is 11.3. The van der Waals surface area contributed by atoms with E-state index in [1.54, 1.807) is 32.2 Å². The van der Waals surface area contributed by atoms with Crippen LogP contribution in [0, 0.1) is 5.41 Å². The second kappa shape index (κ2) is 7.44. The second-order valence-electron chi connectivity index (χ2n) is 3.13. The van der Waals surface area contributed by atoms with Gasteiger partial charge < -0.3 is 15.5 Å². The minimum atomic E-state index is -0.389. The standard InChI is InChI=1S/C11H14N2O2.C2H6/c1-7(12)9-6-8(11(14)15-3)4-5-10(9)13-2;1-2/h4-6,12-13H,1-3H3;1-2H3. The molecule has 0 aliphatic carbocycles. The molecular weight excluding hydrogens is 216 g/mol. The minimum absolute atomic E-state index is 0.389. The highest BCUT2D eigenvalue weighted by Crippen LogP contribution is 2.18. The Bertz CT molecular complexity index is 400. The van der Waals surface area contributed by atoms with Crippen LogP contribution in [0.2, 0.25) is 0 Å². The van der Waals surface area contributed by atoms with Crippen LogP contribution in [0.4, 0.5) is 5.69 Å². The molecule has 0 amide bonds. The molecule has 4 nitrogen and oxygen atoms in total. The van der Waals surface area contributed by atoms with Crippen LogP contribution in [0.3, 0.4) is 0 Å². The first-order valence-electron chi connectivity index (χ1n) is 5.55. The fraction of sp³-hybridized carbons (Fsp3) is 0.385. The molecule has 0 aliphatic rings. The van der Waals surface area contributed by atoms with E-state index in [0.29, 0.717) is 16.8 Å². The lowest BCUT2D eigenvalue weighted by molar-refractivity contribution is 0.0601. The lowest BCUT2D eigenvalue weighted by Gasteiger charge is -2.09. The van der Waals surface area contributed by atoms with Crippen molar-refractivity contribution < 1.29 is 9.53 Å². The van der Waals surface area contributed by atoms with Gasteiger partial charge in [0, 0.05) is 24.0 Å². The van der Waals surface area contributed by atoms with Crippen molar-refractivity contribution in [3.05, 3.63) is 29.3 Å². The summed E-state index contributed by atoms with van der Waals surface area (Å²) in [6, 6.07) is 5.09. The average molecular weight is 236 g/mol. The number of esters is 1. The summed E-state index contributed by atoms with van der Waals surface area (Å²) in [5.74, 6) is -0.389. The summed E-state index contributed by atoms with van der Waals surface area (Å²) in [5, 5.41) is 10.6. The molecule has 0 fully saturated rings. The summed E-state index contributed by atoms with van der Waals surface area (Å²) >= 11 is 0. The summed E-state index contributed by atoms with van der Waals surface area (Å²) in [6.07, 6.45) is 0. The van der Waals surface area contributed by atoms with Gasteiger partial charge in [0.05, 0.1) is 12.7 Å². The van der Waals surface area contributed by atoms with Crippen LogP contribution in [0.1, 0.15) is 36.7 Å². The fourth-order valence-electron chi connectivity index (χ4n) is 1.32. The third-order valence-electron chi connectivity index (χ3n) is 2.11. The van der Waals surface area contributed by atoms with Crippen molar-refractivity contribution in [1.82, 2.24) is 0 Å². The first-order chi connectivity index (χ1) is 8.10. The molecule has 0 bridgehead atoms. The summed E-state index contributed by atoms with van der Waals surface area (Å²) < 4.78 is 4.61. The Labute approximate surface area is 103 Å². The molecule has 0 spiro atoms. The van der Waals surface area contributed by atoms with Crippen LogP contribution >= 0.6 is 0 Å². The summed E-state index contributed by atoms with van der Waals surface area (Å²) in [6.45, 7) is 5.68. The molecule has 0 heterocycles. The number of carbonyl (C=O) groups is 1. The topological polar surface area (TPSA) is 62.2 Å². The Kier molecular flexibility index (Phi) is 6.63. The van der Waals surface area contributed by atoms with Crippen molar-refractivity contribution >= 4 is 17.4 Å². The van der Waals surface area contributed by atoms with Gasteiger partial charge >= 0.3 is 5.97 Å². The first-order valence-corrected chi connectivity index (χ1v) is 5.55. The molecule has 0 radical (unpaired) electrons. The molecule has 0 atom stereocenters. The SMILES string of the molecule is CC.CNc1ccc(C(=O)OC)cc1C(C)=N. The summed E-state index contributed by atoms with van der Waals surface area (Å²) in [5.41, 5.74) is 2.40. The normalized spacial score (nSPS) is 8.76. The van der Waals surface area contributed by atoms with E-state index in [2.05, 4.69) is 10.1 Å². The van der Waals surface area contributed by atoms with Gasteiger partial charge in [-0.25, -0.2) is 4.79 Å². The van der Waals surface area contributed by atoms with E-state index in [4.69, 9.17) is 5.41 Å². The maximum absolute atomic E-state index is 11.3. The summed E-state index contributed by atoms with van der Waals surface area (Å²) in [7, 11) is 3.12. The van der Waals surface area contributed by atoms with E-state index in [1.807, 2.05) is 13.8 Å². The van der Waals surface area contributed by atoms with Crippen molar-refractivity contribution in [3.8, 4) is 0 Å². The molecule has 0 aliphatic heterocycles. The first kappa shape index (κ1) is 15.2. The van der Waals surface area contributed by atoms with Gasteiger partial charge in [0.2, 0.25) is 0 Å². The van der Waals surface area contributed by atoms with Gasteiger partial charge in [0.1, 0.15) is 0 Å². The molecule has 17 heavy (non-hydrogen) atoms. The van der Waals surface area contributed by atoms with E-state index in [0.717, 1.165) is 5.69 Å². The predicted molar refractivity (Wildman–Crippen MR) is 71.2 cm³/mol. The zero-order valence-corrected chi connectivity index (χ0v) is 11.0. The van der Waals surface area contributed by atoms with Gasteiger partial charge in [-0.3, -0.25) is 0 Å². The van der Waals surface area contributed by atoms with Gasteiger partial charge in [0.25, 0.3) is 0 Å². The predicted octanol–water partition coefficient (Wildman–Crippen LogP) is 2.93. The number of benzene rings is 1. The molecule has 0 unspecified atom stereocenters. The Morgan fingerprint density at radius 1 is 1.35 bits per heavy atom. The van der Waals surface area contributed by atoms with Gasteiger partial charge in [-0.1, -0.05) is 13.8 Å². The molecule has 1 aromatic carbocycles. The lowest BCUT2D eigenvalue weighted by atomic mass is 10.1. The number of nitrogens with one attached hydrogen (secondary N) is 2. The van der Waals surface area contributed by atoms with Crippen molar-refractivity contribution in [2.45, 2.75) is 20.8 Å². The quantitative estimate of drug-likeness (QED) is 0.626. The molecule has 1 aromatic rings. The molecule has 0 saturated heterocycles. The highest BCUT2D eigenvalue weighted by molar-refractivity contribution is 6.03. The second-order valence-corrected chi connectivity index (χ2v) is 3.13. The van der Waals surface area contributed by atoms with E-state index in [9.17, 15) is 4.79 Å². The number of ether oxygens (including phenoxy) is 1. The number of rotatable bonds is 3. The molecule has 1 rings (SSSR count). The average Bonchev–Trinajstić information content (AvgIpc) is 2.39. The third-order valence-corrected chi connectivity index (χ3v) is 2.11.